The zero-order valence-corrected chi connectivity index (χ0v) is 9.33. The van der Waals surface area contributed by atoms with Gasteiger partial charge >= 0.3 is 5.69 Å². The molecule has 0 amide bonds. The number of aryl methyl sites for hydroxylation is 1. The zero-order chi connectivity index (χ0) is 11.2. The highest BCUT2D eigenvalue weighted by Gasteiger charge is 2.17. The fraction of sp³-hybridized carbons (Fsp3) is 0.500. The highest BCUT2D eigenvalue weighted by molar-refractivity contribution is 5.65. The summed E-state index contributed by atoms with van der Waals surface area (Å²) in [6, 6.07) is 0. The van der Waals surface area contributed by atoms with Gasteiger partial charge in [0.05, 0.1) is 11.9 Å². The third kappa shape index (κ3) is 1.54. The predicted octanol–water partition coefficient (Wildman–Crippen LogP) is 0.954. The molecular formula is C10H14N4O. The van der Waals surface area contributed by atoms with Crippen molar-refractivity contribution in [2.75, 3.05) is 0 Å². The second-order valence-corrected chi connectivity index (χ2v) is 4.67. The molecule has 2 rings (SSSR count). The van der Waals surface area contributed by atoms with Gasteiger partial charge in [0.1, 0.15) is 0 Å². The fourth-order valence-corrected chi connectivity index (χ4v) is 1.34. The van der Waals surface area contributed by atoms with Gasteiger partial charge < -0.3 is 0 Å². The molecule has 0 spiro atoms. The van der Waals surface area contributed by atoms with Crippen LogP contribution in [0.25, 0.3) is 11.3 Å². The highest BCUT2D eigenvalue weighted by atomic mass is 16.1. The van der Waals surface area contributed by atoms with Crippen LogP contribution in [-0.4, -0.2) is 19.5 Å². The average molecular weight is 206 g/mol. The number of imidazole rings is 1. The molecule has 0 fully saturated rings. The van der Waals surface area contributed by atoms with Gasteiger partial charge in [-0.05, 0) is 0 Å². The van der Waals surface area contributed by atoms with Gasteiger partial charge in [-0.15, -0.1) is 0 Å². The molecule has 0 aliphatic heterocycles. The second kappa shape index (κ2) is 2.92. The molecule has 0 unspecified atom stereocenters. The summed E-state index contributed by atoms with van der Waals surface area (Å²) in [7, 11) is 1.68. The first-order valence-electron chi connectivity index (χ1n) is 4.82. The molecule has 0 aromatic carbocycles. The molecule has 2 aromatic rings. The molecule has 1 N–H and O–H groups in total. The Morgan fingerprint density at radius 1 is 1.40 bits per heavy atom. The Labute approximate surface area is 87.2 Å². The van der Waals surface area contributed by atoms with E-state index in [0.29, 0.717) is 11.3 Å². The fourth-order valence-electron chi connectivity index (χ4n) is 1.34. The number of hydrogen-bond donors (Lipinski definition) is 1. The molecule has 0 radical (unpaired) electrons. The van der Waals surface area contributed by atoms with Crippen molar-refractivity contribution < 1.29 is 0 Å². The lowest BCUT2D eigenvalue weighted by Gasteiger charge is -2.16. The zero-order valence-electron chi connectivity index (χ0n) is 9.33. The largest absolute Gasteiger partial charge is 0.328 e. The van der Waals surface area contributed by atoms with Gasteiger partial charge in [-0.2, -0.15) is 0 Å². The number of aromatic nitrogens is 4. The molecule has 0 bridgehead atoms. The minimum atomic E-state index is -0.184. The Bertz CT molecular complexity index is 559. The summed E-state index contributed by atoms with van der Waals surface area (Å²) in [6.45, 7) is 6.19. The van der Waals surface area contributed by atoms with Crippen LogP contribution in [0.2, 0.25) is 0 Å². The Balaban J connectivity index is 2.75. The van der Waals surface area contributed by atoms with Crippen LogP contribution in [0.1, 0.15) is 26.5 Å². The Hall–Kier alpha value is -1.65. The highest BCUT2D eigenvalue weighted by Crippen LogP contribution is 2.20. The normalized spacial score (nSPS) is 12.3. The molecule has 0 aliphatic rings. The van der Waals surface area contributed by atoms with E-state index in [0.717, 1.165) is 5.69 Å². The molecule has 5 nitrogen and oxygen atoms in total. The van der Waals surface area contributed by atoms with E-state index in [1.807, 2.05) is 0 Å². The van der Waals surface area contributed by atoms with Crippen molar-refractivity contribution in [3.63, 3.8) is 0 Å². The number of H-pyrrole nitrogens is 1. The van der Waals surface area contributed by atoms with E-state index in [9.17, 15) is 4.79 Å². The van der Waals surface area contributed by atoms with Crippen LogP contribution in [0.5, 0.6) is 0 Å². The van der Waals surface area contributed by atoms with Gasteiger partial charge in [-0.3, -0.25) is 9.55 Å². The third-order valence-corrected chi connectivity index (χ3v) is 2.37. The van der Waals surface area contributed by atoms with E-state index >= 15 is 0 Å². The first-order chi connectivity index (χ1) is 6.89. The van der Waals surface area contributed by atoms with E-state index in [1.54, 1.807) is 13.2 Å². The molecule has 15 heavy (non-hydrogen) atoms. The van der Waals surface area contributed by atoms with Crippen molar-refractivity contribution in [2.45, 2.75) is 26.2 Å². The van der Waals surface area contributed by atoms with Crippen LogP contribution >= 0.6 is 0 Å². The number of fused-ring (bicyclic) bond motifs is 1. The van der Waals surface area contributed by atoms with E-state index in [4.69, 9.17) is 0 Å². The summed E-state index contributed by atoms with van der Waals surface area (Å²) in [5, 5.41) is 0. The molecule has 80 valence electrons. The maximum absolute atomic E-state index is 11.3. The van der Waals surface area contributed by atoms with E-state index in [-0.39, 0.29) is 11.1 Å². The van der Waals surface area contributed by atoms with Gasteiger partial charge in [0.2, 0.25) is 0 Å². The lowest BCUT2D eigenvalue weighted by atomic mass is 9.93. The Kier molecular flexibility index (Phi) is 1.92. The first-order valence-corrected chi connectivity index (χ1v) is 4.82. The van der Waals surface area contributed by atoms with Crippen molar-refractivity contribution in [3.8, 4) is 0 Å². The van der Waals surface area contributed by atoms with Gasteiger partial charge in [0.15, 0.2) is 11.3 Å². The van der Waals surface area contributed by atoms with E-state index in [2.05, 4.69) is 35.7 Å². The smallest absolute Gasteiger partial charge is 0.289 e. The number of nitrogens with one attached hydrogen (secondary N) is 1. The summed E-state index contributed by atoms with van der Waals surface area (Å²) < 4.78 is 1.47. The Morgan fingerprint density at radius 3 is 2.67 bits per heavy atom. The van der Waals surface area contributed by atoms with Gasteiger partial charge in [0.25, 0.3) is 0 Å². The van der Waals surface area contributed by atoms with Gasteiger partial charge in [-0.25, -0.2) is 14.8 Å². The maximum Gasteiger partial charge on any atom is 0.328 e. The SMILES string of the molecule is Cn1c(=O)[nH]c2ncc(C(C)(C)C)nc21. The number of hydrogen-bond acceptors (Lipinski definition) is 3. The quantitative estimate of drug-likeness (QED) is 0.698. The lowest BCUT2D eigenvalue weighted by molar-refractivity contribution is 0.567. The van der Waals surface area contributed by atoms with Crippen LogP contribution in [-0.2, 0) is 12.5 Å². The average Bonchev–Trinajstić information content (AvgIpc) is 2.41. The number of nitrogens with zero attached hydrogens (tertiary/aromatic N) is 3. The minimum Gasteiger partial charge on any atom is -0.289 e. The van der Waals surface area contributed by atoms with Crippen molar-refractivity contribution in [1.82, 2.24) is 19.5 Å². The standard InChI is InChI=1S/C10H14N4O/c1-10(2,3)6-5-11-7-8(12-6)14(4)9(15)13-7/h5H,1-4H3,(H,11,13,15). The Morgan fingerprint density at radius 2 is 2.07 bits per heavy atom. The van der Waals surface area contributed by atoms with Crippen molar-refractivity contribution in [1.29, 1.82) is 0 Å². The van der Waals surface area contributed by atoms with Crippen LogP contribution in [0.15, 0.2) is 11.0 Å². The summed E-state index contributed by atoms with van der Waals surface area (Å²) in [5.74, 6) is 0. The van der Waals surface area contributed by atoms with Crippen molar-refractivity contribution >= 4 is 11.3 Å². The summed E-state index contributed by atoms with van der Waals surface area (Å²) in [5.41, 5.74) is 1.78. The lowest BCUT2D eigenvalue weighted by Crippen LogP contribution is -2.15. The molecule has 0 atom stereocenters. The van der Waals surface area contributed by atoms with Crippen LogP contribution in [0.4, 0.5) is 0 Å². The van der Waals surface area contributed by atoms with Gasteiger partial charge in [0, 0.05) is 12.5 Å². The molecule has 2 aromatic heterocycles. The van der Waals surface area contributed by atoms with Crippen LogP contribution in [0, 0.1) is 0 Å². The van der Waals surface area contributed by atoms with Gasteiger partial charge in [-0.1, -0.05) is 20.8 Å². The van der Waals surface area contributed by atoms with Crippen LogP contribution < -0.4 is 5.69 Å². The molecule has 2 heterocycles. The summed E-state index contributed by atoms with van der Waals surface area (Å²) >= 11 is 0. The second-order valence-electron chi connectivity index (χ2n) is 4.67. The maximum atomic E-state index is 11.3. The molecule has 0 saturated carbocycles. The minimum absolute atomic E-state index is 0.0610. The third-order valence-electron chi connectivity index (χ3n) is 2.37. The van der Waals surface area contributed by atoms with Crippen LogP contribution in [0.3, 0.4) is 0 Å². The molecule has 0 aliphatic carbocycles. The number of aromatic amines is 1. The topological polar surface area (TPSA) is 63.6 Å². The van der Waals surface area contributed by atoms with Crippen molar-refractivity contribution in [2.24, 2.45) is 7.05 Å². The molecule has 0 saturated heterocycles. The number of rotatable bonds is 0. The first kappa shape index (κ1) is 9.89. The molecule has 5 heteroatoms. The summed E-state index contributed by atoms with van der Waals surface area (Å²) in [4.78, 5) is 22.6. The summed E-state index contributed by atoms with van der Waals surface area (Å²) in [6.07, 6.45) is 1.71. The molecular weight excluding hydrogens is 192 g/mol. The predicted molar refractivity (Wildman–Crippen MR) is 57.8 cm³/mol. The van der Waals surface area contributed by atoms with Crippen molar-refractivity contribution in [3.05, 3.63) is 22.4 Å². The van der Waals surface area contributed by atoms with E-state index in [1.165, 1.54) is 4.57 Å². The monoisotopic (exact) mass is 206 g/mol. The van der Waals surface area contributed by atoms with E-state index < -0.39 is 0 Å².